The molecule has 0 spiro atoms. The molecule has 3 nitrogen and oxygen atoms in total. The second-order valence-electron chi connectivity index (χ2n) is 4.60. The van der Waals surface area contributed by atoms with Crippen molar-refractivity contribution in [2.45, 2.75) is 13.8 Å². The summed E-state index contributed by atoms with van der Waals surface area (Å²) in [5.41, 5.74) is 7.19. The van der Waals surface area contributed by atoms with E-state index in [-0.39, 0.29) is 0 Å². The molecule has 2 aromatic carbocycles. The smallest absolute Gasteiger partial charge is 0.191 e. The van der Waals surface area contributed by atoms with Crippen LogP contribution < -0.4 is 10.7 Å². The molecule has 0 atom stereocenters. The summed E-state index contributed by atoms with van der Waals surface area (Å²) in [7, 11) is 0. The van der Waals surface area contributed by atoms with Gasteiger partial charge in [-0.05, 0) is 49.3 Å². The maximum atomic E-state index is 5.18. The molecule has 0 heterocycles. The molecule has 0 saturated heterocycles. The minimum Gasteiger partial charge on any atom is -0.331 e. The highest BCUT2D eigenvalue weighted by atomic mass is 32.1. The molecule has 0 aliphatic rings. The van der Waals surface area contributed by atoms with Gasteiger partial charge in [0.1, 0.15) is 0 Å². The molecule has 0 aliphatic carbocycles. The number of hydrazone groups is 1. The normalized spacial score (nSPS) is 10.5. The molecule has 0 radical (unpaired) electrons. The molecule has 20 heavy (non-hydrogen) atoms. The maximum absolute atomic E-state index is 5.18. The molecule has 0 saturated carbocycles. The average molecular weight is 283 g/mol. The lowest BCUT2D eigenvalue weighted by Gasteiger charge is -2.07. The van der Waals surface area contributed by atoms with E-state index in [0.29, 0.717) is 5.11 Å². The Balaban J connectivity index is 1.87. The highest BCUT2D eigenvalue weighted by Crippen LogP contribution is 2.09. The van der Waals surface area contributed by atoms with Gasteiger partial charge in [-0.1, -0.05) is 42.0 Å². The number of anilines is 1. The Hall–Kier alpha value is -2.20. The van der Waals surface area contributed by atoms with E-state index in [9.17, 15) is 0 Å². The summed E-state index contributed by atoms with van der Waals surface area (Å²) in [4.78, 5) is 0. The van der Waals surface area contributed by atoms with Crippen LogP contribution in [-0.2, 0) is 0 Å². The zero-order chi connectivity index (χ0) is 14.4. The second kappa shape index (κ2) is 6.82. The minimum atomic E-state index is 0.471. The largest absolute Gasteiger partial charge is 0.331 e. The van der Waals surface area contributed by atoms with Crippen LogP contribution >= 0.6 is 12.2 Å². The van der Waals surface area contributed by atoms with Gasteiger partial charge in [-0.2, -0.15) is 5.10 Å². The minimum absolute atomic E-state index is 0.471. The van der Waals surface area contributed by atoms with Crippen LogP contribution in [0, 0.1) is 13.8 Å². The highest BCUT2D eigenvalue weighted by molar-refractivity contribution is 7.80. The molecule has 2 aromatic rings. The Morgan fingerprint density at radius 3 is 2.50 bits per heavy atom. The summed E-state index contributed by atoms with van der Waals surface area (Å²) in [5.74, 6) is 0. The molecular formula is C16H17N3S. The van der Waals surface area contributed by atoms with Crippen molar-refractivity contribution in [1.29, 1.82) is 0 Å². The summed E-state index contributed by atoms with van der Waals surface area (Å²) >= 11 is 5.18. The summed E-state index contributed by atoms with van der Waals surface area (Å²) in [5, 5.41) is 7.67. The maximum Gasteiger partial charge on any atom is 0.191 e. The van der Waals surface area contributed by atoms with E-state index in [1.165, 1.54) is 11.1 Å². The fourth-order valence-electron chi connectivity index (χ4n) is 1.70. The summed E-state index contributed by atoms with van der Waals surface area (Å²) in [6.45, 7) is 4.09. The third-order valence-electron chi connectivity index (χ3n) is 2.73. The van der Waals surface area contributed by atoms with Crippen LogP contribution in [0.1, 0.15) is 16.7 Å². The molecule has 102 valence electrons. The van der Waals surface area contributed by atoms with Gasteiger partial charge in [0.2, 0.25) is 0 Å². The first kappa shape index (κ1) is 14.2. The van der Waals surface area contributed by atoms with E-state index >= 15 is 0 Å². The van der Waals surface area contributed by atoms with Crippen molar-refractivity contribution >= 4 is 29.2 Å². The van der Waals surface area contributed by atoms with Crippen molar-refractivity contribution in [3.05, 3.63) is 65.2 Å². The van der Waals surface area contributed by atoms with Crippen molar-refractivity contribution < 1.29 is 0 Å². The first-order chi connectivity index (χ1) is 9.63. The van der Waals surface area contributed by atoms with Gasteiger partial charge in [0.25, 0.3) is 0 Å². The van der Waals surface area contributed by atoms with Gasteiger partial charge >= 0.3 is 0 Å². The number of rotatable bonds is 3. The van der Waals surface area contributed by atoms with E-state index in [1.807, 2.05) is 55.5 Å². The van der Waals surface area contributed by atoms with Crippen molar-refractivity contribution in [3.63, 3.8) is 0 Å². The lowest BCUT2D eigenvalue weighted by atomic mass is 10.2. The quantitative estimate of drug-likeness (QED) is 0.513. The molecule has 2 rings (SSSR count). The third-order valence-corrected chi connectivity index (χ3v) is 2.93. The van der Waals surface area contributed by atoms with Gasteiger partial charge in [-0.15, -0.1) is 0 Å². The molecule has 0 aliphatic heterocycles. The Labute approximate surface area is 124 Å². The third kappa shape index (κ3) is 4.48. The number of hydrogen-bond acceptors (Lipinski definition) is 2. The lowest BCUT2D eigenvalue weighted by molar-refractivity contribution is 1.05. The van der Waals surface area contributed by atoms with Crippen molar-refractivity contribution in [1.82, 2.24) is 5.43 Å². The highest BCUT2D eigenvalue weighted by Gasteiger charge is 1.95. The van der Waals surface area contributed by atoms with Crippen molar-refractivity contribution in [2.24, 2.45) is 5.10 Å². The number of thiocarbonyl (C=S) groups is 1. The number of hydrogen-bond donors (Lipinski definition) is 2. The van der Waals surface area contributed by atoms with Gasteiger partial charge in [-0.25, -0.2) is 0 Å². The molecule has 0 amide bonds. The van der Waals surface area contributed by atoms with Gasteiger partial charge in [-0.3, -0.25) is 5.43 Å². The fraction of sp³-hybridized carbons (Fsp3) is 0.125. The van der Waals surface area contributed by atoms with Crippen LogP contribution in [0.25, 0.3) is 0 Å². The number of nitrogens with one attached hydrogen (secondary N) is 2. The molecule has 2 N–H and O–H groups in total. The number of nitrogens with zero attached hydrogens (tertiary/aromatic N) is 1. The Kier molecular flexibility index (Phi) is 4.85. The van der Waals surface area contributed by atoms with Gasteiger partial charge in [0.05, 0.1) is 6.21 Å². The molecule has 0 bridgehead atoms. The molecule has 0 aromatic heterocycles. The summed E-state index contributed by atoms with van der Waals surface area (Å²) < 4.78 is 0. The van der Waals surface area contributed by atoms with Gasteiger partial charge < -0.3 is 5.32 Å². The fourth-order valence-corrected chi connectivity index (χ4v) is 1.87. The van der Waals surface area contributed by atoms with Crippen LogP contribution in [0.2, 0.25) is 0 Å². The van der Waals surface area contributed by atoms with Crippen LogP contribution in [0.4, 0.5) is 5.69 Å². The Morgan fingerprint density at radius 2 is 1.80 bits per heavy atom. The zero-order valence-corrected chi connectivity index (χ0v) is 12.4. The number of aryl methyl sites for hydroxylation is 2. The molecular weight excluding hydrogens is 266 g/mol. The molecule has 0 unspecified atom stereocenters. The van der Waals surface area contributed by atoms with Crippen LogP contribution in [0.15, 0.2) is 53.6 Å². The standard InChI is InChI=1S/C16H17N3S/c1-12-6-8-14(9-7-12)11-17-19-16(20)18-15-5-3-4-13(2)10-15/h3-11H,1-2H3,(H2,18,19,20)/b17-11+. The second-order valence-corrected chi connectivity index (χ2v) is 5.01. The molecule has 0 fully saturated rings. The molecule has 4 heteroatoms. The van der Waals surface area contributed by atoms with Crippen LogP contribution in [-0.4, -0.2) is 11.3 Å². The Bertz CT molecular complexity index is 618. The first-order valence-electron chi connectivity index (χ1n) is 6.37. The van der Waals surface area contributed by atoms with Gasteiger partial charge in [0, 0.05) is 5.69 Å². The van der Waals surface area contributed by atoms with E-state index in [4.69, 9.17) is 12.2 Å². The predicted molar refractivity (Wildman–Crippen MR) is 89.3 cm³/mol. The summed E-state index contributed by atoms with van der Waals surface area (Å²) in [6.07, 6.45) is 1.74. The van der Waals surface area contributed by atoms with Crippen LogP contribution in [0.5, 0.6) is 0 Å². The monoisotopic (exact) mass is 283 g/mol. The van der Waals surface area contributed by atoms with E-state index in [2.05, 4.69) is 22.8 Å². The van der Waals surface area contributed by atoms with Crippen LogP contribution in [0.3, 0.4) is 0 Å². The topological polar surface area (TPSA) is 36.4 Å². The van der Waals surface area contributed by atoms with Gasteiger partial charge in [0.15, 0.2) is 5.11 Å². The van der Waals surface area contributed by atoms with E-state index in [1.54, 1.807) is 6.21 Å². The van der Waals surface area contributed by atoms with Crippen molar-refractivity contribution in [3.8, 4) is 0 Å². The van der Waals surface area contributed by atoms with E-state index < -0.39 is 0 Å². The number of benzene rings is 2. The van der Waals surface area contributed by atoms with E-state index in [0.717, 1.165) is 11.3 Å². The lowest BCUT2D eigenvalue weighted by Crippen LogP contribution is -2.23. The zero-order valence-electron chi connectivity index (χ0n) is 11.6. The predicted octanol–water partition coefficient (Wildman–Crippen LogP) is 3.62. The first-order valence-corrected chi connectivity index (χ1v) is 6.78. The Morgan fingerprint density at radius 1 is 1.05 bits per heavy atom. The SMILES string of the molecule is Cc1ccc(/C=N/NC(=S)Nc2cccc(C)c2)cc1. The summed E-state index contributed by atoms with van der Waals surface area (Å²) in [6, 6.07) is 16.1. The average Bonchev–Trinajstić information content (AvgIpc) is 2.41. The van der Waals surface area contributed by atoms with Crippen molar-refractivity contribution in [2.75, 3.05) is 5.32 Å².